The van der Waals surface area contributed by atoms with Gasteiger partial charge in [0.25, 0.3) is 5.91 Å². The van der Waals surface area contributed by atoms with Crippen LogP contribution < -0.4 is 10.1 Å². The van der Waals surface area contributed by atoms with Gasteiger partial charge in [0.05, 0.1) is 5.56 Å². The summed E-state index contributed by atoms with van der Waals surface area (Å²) in [5.41, 5.74) is 3.31. The van der Waals surface area contributed by atoms with Gasteiger partial charge in [0.1, 0.15) is 10.6 Å². The minimum atomic E-state index is -0.0354. The standard InChI is InChI=1S/C27H25N3O2S/c31-26(22-6-2-14-28-18-22)30-23-12-10-19(11-13-23)8-9-20-4-1-7-24(16-20)32-25-17-21-5-3-15-29-27(21)33-25/h1-8,14-18,23H,9-13H2,(H,30,31). The van der Waals surface area contributed by atoms with Gasteiger partial charge >= 0.3 is 0 Å². The summed E-state index contributed by atoms with van der Waals surface area (Å²) in [5.74, 6) is 0.811. The maximum atomic E-state index is 12.3. The van der Waals surface area contributed by atoms with Crippen LogP contribution in [-0.4, -0.2) is 21.9 Å². The van der Waals surface area contributed by atoms with Gasteiger partial charge < -0.3 is 10.1 Å². The molecule has 3 aromatic heterocycles. The highest BCUT2D eigenvalue weighted by Crippen LogP contribution is 2.33. The van der Waals surface area contributed by atoms with E-state index in [-0.39, 0.29) is 11.9 Å². The van der Waals surface area contributed by atoms with Gasteiger partial charge in [-0.25, -0.2) is 4.98 Å². The zero-order valence-electron chi connectivity index (χ0n) is 18.2. The van der Waals surface area contributed by atoms with E-state index in [0.717, 1.165) is 53.1 Å². The van der Waals surface area contributed by atoms with Crippen LogP contribution in [0.5, 0.6) is 10.8 Å². The molecule has 1 saturated carbocycles. The number of ether oxygens (including phenoxy) is 1. The first kappa shape index (κ1) is 21.3. The lowest BCUT2D eigenvalue weighted by Crippen LogP contribution is -2.36. The zero-order valence-corrected chi connectivity index (χ0v) is 19.1. The van der Waals surface area contributed by atoms with Crippen LogP contribution in [0.1, 0.15) is 41.6 Å². The number of pyridine rings is 2. The highest BCUT2D eigenvalue weighted by atomic mass is 32.1. The zero-order chi connectivity index (χ0) is 22.5. The average molecular weight is 456 g/mol. The Kier molecular flexibility index (Phi) is 6.44. The molecule has 1 aliphatic carbocycles. The Morgan fingerprint density at radius 2 is 1.97 bits per heavy atom. The van der Waals surface area contributed by atoms with Gasteiger partial charge in [0, 0.05) is 36.1 Å². The summed E-state index contributed by atoms with van der Waals surface area (Å²) in [4.78, 5) is 21.7. The molecule has 0 atom stereocenters. The van der Waals surface area contributed by atoms with E-state index in [4.69, 9.17) is 4.74 Å². The lowest BCUT2D eigenvalue weighted by atomic mass is 9.89. The van der Waals surface area contributed by atoms with Crippen LogP contribution in [0.4, 0.5) is 0 Å². The Hall–Kier alpha value is -3.51. The van der Waals surface area contributed by atoms with Crippen molar-refractivity contribution in [3.8, 4) is 10.8 Å². The van der Waals surface area contributed by atoms with E-state index in [9.17, 15) is 4.79 Å². The van der Waals surface area contributed by atoms with Crippen molar-refractivity contribution >= 4 is 27.5 Å². The van der Waals surface area contributed by atoms with Crippen molar-refractivity contribution in [2.24, 2.45) is 0 Å². The summed E-state index contributed by atoms with van der Waals surface area (Å²) in [6.07, 6.45) is 12.3. The molecule has 0 saturated heterocycles. The smallest absolute Gasteiger partial charge is 0.253 e. The molecule has 1 N–H and O–H groups in total. The van der Waals surface area contributed by atoms with Crippen molar-refractivity contribution in [1.29, 1.82) is 0 Å². The summed E-state index contributed by atoms with van der Waals surface area (Å²) >= 11 is 1.56. The topological polar surface area (TPSA) is 64.1 Å². The molecule has 1 aromatic carbocycles. The molecule has 1 amide bonds. The molecule has 6 heteroatoms. The first-order valence-electron chi connectivity index (χ1n) is 11.2. The number of carbonyl (C=O) groups excluding carboxylic acids is 1. The average Bonchev–Trinajstić information content (AvgIpc) is 3.27. The molecule has 0 aliphatic heterocycles. The predicted molar refractivity (Wildman–Crippen MR) is 132 cm³/mol. The molecule has 0 bridgehead atoms. The SMILES string of the molecule is O=C(NC1CCC(=CCc2cccc(Oc3cc4cccnc4s3)c2)CC1)c1cccnc1. The number of nitrogens with one attached hydrogen (secondary N) is 1. The monoisotopic (exact) mass is 455 g/mol. The molecule has 0 spiro atoms. The van der Waals surface area contributed by atoms with Crippen molar-refractivity contribution in [2.45, 2.75) is 38.1 Å². The van der Waals surface area contributed by atoms with Gasteiger partial charge in [-0.1, -0.05) is 41.2 Å². The van der Waals surface area contributed by atoms with E-state index in [1.54, 1.807) is 42.1 Å². The Labute approximate surface area is 197 Å². The van der Waals surface area contributed by atoms with E-state index < -0.39 is 0 Å². The lowest BCUT2D eigenvalue weighted by molar-refractivity contribution is 0.0930. The van der Waals surface area contributed by atoms with Gasteiger partial charge in [-0.05, 0) is 68.0 Å². The van der Waals surface area contributed by atoms with E-state index in [1.165, 1.54) is 11.1 Å². The quantitative estimate of drug-likeness (QED) is 0.345. The molecule has 0 radical (unpaired) electrons. The number of hydrogen-bond acceptors (Lipinski definition) is 5. The minimum Gasteiger partial charge on any atom is -0.447 e. The van der Waals surface area contributed by atoms with E-state index in [1.807, 2.05) is 30.3 Å². The Morgan fingerprint density at radius 3 is 2.79 bits per heavy atom. The highest BCUT2D eigenvalue weighted by molar-refractivity contribution is 7.20. The number of thiophene rings is 1. The number of hydrogen-bond donors (Lipinski definition) is 1. The molecule has 33 heavy (non-hydrogen) atoms. The van der Waals surface area contributed by atoms with Gasteiger partial charge in [-0.3, -0.25) is 9.78 Å². The molecule has 5 nitrogen and oxygen atoms in total. The summed E-state index contributed by atoms with van der Waals surface area (Å²) < 4.78 is 6.10. The molecule has 1 fully saturated rings. The van der Waals surface area contributed by atoms with Crippen LogP contribution in [0.2, 0.25) is 0 Å². The fraction of sp³-hybridized carbons (Fsp3) is 0.222. The van der Waals surface area contributed by atoms with E-state index in [2.05, 4.69) is 33.5 Å². The van der Waals surface area contributed by atoms with Crippen LogP contribution in [0.15, 0.2) is 84.8 Å². The predicted octanol–water partition coefficient (Wildman–Crippen LogP) is 6.33. The summed E-state index contributed by atoms with van der Waals surface area (Å²) in [6.45, 7) is 0. The minimum absolute atomic E-state index is 0.0354. The summed E-state index contributed by atoms with van der Waals surface area (Å²) in [7, 11) is 0. The molecule has 3 heterocycles. The number of allylic oxidation sites excluding steroid dienone is 2. The maximum Gasteiger partial charge on any atom is 0.253 e. The first-order chi connectivity index (χ1) is 16.2. The molecular formula is C27H25N3O2S. The fourth-order valence-corrected chi connectivity index (χ4v) is 4.99. The number of nitrogens with zero attached hydrogens (tertiary/aromatic N) is 2. The number of rotatable bonds is 6. The highest BCUT2D eigenvalue weighted by Gasteiger charge is 2.19. The van der Waals surface area contributed by atoms with Crippen molar-refractivity contribution < 1.29 is 9.53 Å². The van der Waals surface area contributed by atoms with Crippen molar-refractivity contribution in [3.63, 3.8) is 0 Å². The largest absolute Gasteiger partial charge is 0.447 e. The Bertz CT molecular complexity index is 1240. The molecule has 4 aromatic rings. The second kappa shape index (κ2) is 9.96. The van der Waals surface area contributed by atoms with Crippen molar-refractivity contribution in [3.05, 3.63) is 96.0 Å². The van der Waals surface area contributed by atoms with Crippen LogP contribution in [-0.2, 0) is 6.42 Å². The maximum absolute atomic E-state index is 12.3. The third-order valence-corrected chi connectivity index (χ3v) is 6.84. The van der Waals surface area contributed by atoms with Crippen LogP contribution in [0, 0.1) is 0 Å². The van der Waals surface area contributed by atoms with Crippen LogP contribution in [0.3, 0.4) is 0 Å². The number of benzene rings is 1. The summed E-state index contributed by atoms with van der Waals surface area (Å²) in [5, 5.41) is 5.10. The molecular weight excluding hydrogens is 430 g/mol. The summed E-state index contributed by atoms with van der Waals surface area (Å²) in [6, 6.07) is 18.1. The molecule has 166 valence electrons. The van der Waals surface area contributed by atoms with Gasteiger partial charge in [-0.2, -0.15) is 0 Å². The number of carbonyl (C=O) groups is 1. The Morgan fingerprint density at radius 1 is 1.09 bits per heavy atom. The third kappa shape index (κ3) is 5.46. The van der Waals surface area contributed by atoms with Gasteiger partial charge in [0.2, 0.25) is 0 Å². The van der Waals surface area contributed by atoms with Gasteiger partial charge in [-0.15, -0.1) is 0 Å². The second-order valence-electron chi connectivity index (χ2n) is 8.27. The Balaban J connectivity index is 1.14. The number of amides is 1. The van der Waals surface area contributed by atoms with Crippen LogP contribution >= 0.6 is 11.3 Å². The fourth-order valence-electron chi connectivity index (χ4n) is 4.12. The number of fused-ring (bicyclic) bond motifs is 1. The van der Waals surface area contributed by atoms with E-state index in [0.29, 0.717) is 5.56 Å². The second-order valence-corrected chi connectivity index (χ2v) is 9.26. The first-order valence-corrected chi connectivity index (χ1v) is 12.0. The molecule has 0 unspecified atom stereocenters. The number of aromatic nitrogens is 2. The van der Waals surface area contributed by atoms with Crippen LogP contribution in [0.25, 0.3) is 10.2 Å². The van der Waals surface area contributed by atoms with Crippen molar-refractivity contribution in [1.82, 2.24) is 15.3 Å². The van der Waals surface area contributed by atoms with Crippen molar-refractivity contribution in [2.75, 3.05) is 0 Å². The third-order valence-electron chi connectivity index (χ3n) is 5.90. The lowest BCUT2D eigenvalue weighted by Gasteiger charge is -2.25. The van der Waals surface area contributed by atoms with Gasteiger partial charge in [0.15, 0.2) is 5.06 Å². The molecule has 5 rings (SSSR count). The van der Waals surface area contributed by atoms with E-state index >= 15 is 0 Å². The normalized spacial score (nSPS) is 15.9. The molecule has 1 aliphatic rings.